The Bertz CT molecular complexity index is 1700. The molecule has 0 spiro atoms. The average Bonchev–Trinajstić information content (AvgIpc) is 3.73. The van der Waals surface area contributed by atoms with Crippen LogP contribution in [0.5, 0.6) is 0 Å². The van der Waals surface area contributed by atoms with E-state index in [0.717, 1.165) is 59.2 Å². The predicted molar refractivity (Wildman–Crippen MR) is 165 cm³/mol. The zero-order chi connectivity index (χ0) is 30.1. The summed E-state index contributed by atoms with van der Waals surface area (Å²) in [6.07, 6.45) is 5.34. The fraction of sp³-hybridized carbons (Fsp3) is 0.441. The van der Waals surface area contributed by atoms with Gasteiger partial charge >= 0.3 is 5.97 Å². The van der Waals surface area contributed by atoms with E-state index in [2.05, 4.69) is 76.4 Å². The van der Waals surface area contributed by atoms with Crippen LogP contribution in [0.2, 0.25) is 0 Å². The molecule has 9 heteroatoms. The Kier molecular flexibility index (Phi) is 7.90. The van der Waals surface area contributed by atoms with Gasteiger partial charge in [-0.2, -0.15) is 5.21 Å². The molecule has 1 unspecified atom stereocenters. The zero-order valence-corrected chi connectivity index (χ0v) is 25.5. The van der Waals surface area contributed by atoms with Crippen molar-refractivity contribution in [3.05, 3.63) is 86.9 Å². The average molecular weight is 581 g/mol. The minimum absolute atomic E-state index is 0.0677. The lowest BCUT2D eigenvalue weighted by Gasteiger charge is -2.41. The van der Waals surface area contributed by atoms with E-state index in [0.29, 0.717) is 38.2 Å². The molecule has 0 bridgehead atoms. The Morgan fingerprint density at radius 1 is 1.05 bits per heavy atom. The van der Waals surface area contributed by atoms with Crippen molar-refractivity contribution in [1.82, 2.24) is 30.0 Å². The van der Waals surface area contributed by atoms with Gasteiger partial charge in [-0.25, -0.2) is 4.68 Å². The molecule has 1 aliphatic heterocycles. The van der Waals surface area contributed by atoms with E-state index in [1.807, 2.05) is 29.8 Å². The van der Waals surface area contributed by atoms with Gasteiger partial charge in [0.25, 0.3) is 5.56 Å². The summed E-state index contributed by atoms with van der Waals surface area (Å²) in [7, 11) is 0. The van der Waals surface area contributed by atoms with Crippen molar-refractivity contribution < 1.29 is 9.53 Å². The minimum Gasteiger partial charge on any atom is -0.465 e. The number of rotatable bonds is 9. The lowest BCUT2D eigenvalue weighted by molar-refractivity contribution is -0.159. The maximum Gasteiger partial charge on any atom is 0.314 e. The van der Waals surface area contributed by atoms with Crippen LogP contribution in [-0.4, -0.2) is 42.6 Å². The highest BCUT2D eigenvalue weighted by Gasteiger charge is 2.53. The van der Waals surface area contributed by atoms with E-state index in [1.54, 1.807) is 0 Å². The number of esters is 1. The van der Waals surface area contributed by atoms with Crippen LogP contribution in [0.1, 0.15) is 82.7 Å². The molecule has 1 N–H and O–H groups in total. The van der Waals surface area contributed by atoms with Crippen molar-refractivity contribution in [3.63, 3.8) is 0 Å². The number of fused-ring (bicyclic) bond motifs is 1. The number of carbonyl (C=O) groups excluding carboxylic acids is 1. The Labute approximate surface area is 251 Å². The molecule has 0 saturated carbocycles. The van der Waals surface area contributed by atoms with E-state index >= 15 is 0 Å². The van der Waals surface area contributed by atoms with Crippen LogP contribution in [0.25, 0.3) is 22.5 Å². The molecule has 4 aromatic rings. The van der Waals surface area contributed by atoms with Gasteiger partial charge in [-0.3, -0.25) is 14.3 Å². The molecule has 0 amide bonds. The molecule has 2 aromatic carbocycles. The van der Waals surface area contributed by atoms with Gasteiger partial charge in [-0.05, 0) is 74.8 Å². The van der Waals surface area contributed by atoms with Crippen LogP contribution in [0.4, 0.5) is 0 Å². The highest BCUT2D eigenvalue weighted by atomic mass is 16.5. The van der Waals surface area contributed by atoms with Gasteiger partial charge in [0.1, 0.15) is 0 Å². The van der Waals surface area contributed by atoms with Crippen molar-refractivity contribution in [1.29, 1.82) is 0 Å². The number of tetrazole rings is 1. The molecule has 9 nitrogen and oxygen atoms in total. The SMILES string of the molecule is CCCc1c(Cc2ccc(-c3ccccc3-c3nn[nH]n3)cc2)c(=O)n2n1C(C1(C(=O)OCC)CC(C)=C(C)C1)CCC2. The smallest absolute Gasteiger partial charge is 0.314 e. The third kappa shape index (κ3) is 5.04. The fourth-order valence-electron chi connectivity index (χ4n) is 7.29. The topological polar surface area (TPSA) is 108 Å². The normalized spacial score (nSPS) is 17.7. The van der Waals surface area contributed by atoms with Crippen LogP contribution in [0.15, 0.2) is 64.5 Å². The van der Waals surface area contributed by atoms with Gasteiger partial charge in [0.05, 0.1) is 18.1 Å². The van der Waals surface area contributed by atoms with E-state index in [-0.39, 0.29) is 17.6 Å². The van der Waals surface area contributed by atoms with Crippen molar-refractivity contribution in [2.75, 3.05) is 6.61 Å². The molecular weight excluding hydrogens is 540 g/mol. The standard InChI is InChI=1S/C34H40N6O3/c1-5-10-29-28(19-24-14-16-25(17-15-24)26-11-7-8-12-27(26)31-35-37-38-36-31)32(41)39-18-9-13-30(40(29)39)34(33(42)43-6-2)20-22(3)23(4)21-34/h7-8,11-12,14-17,30H,5-6,9-10,13,18-21H2,1-4H3,(H,35,36,37,38). The van der Waals surface area contributed by atoms with Gasteiger partial charge in [0.2, 0.25) is 5.82 Å². The summed E-state index contributed by atoms with van der Waals surface area (Å²) in [5, 5.41) is 14.6. The summed E-state index contributed by atoms with van der Waals surface area (Å²) in [6, 6.07) is 16.3. The first kappa shape index (κ1) is 28.8. The maximum atomic E-state index is 14.1. The number of allylic oxidation sites excluding steroid dienone is 2. The summed E-state index contributed by atoms with van der Waals surface area (Å²) in [6.45, 7) is 9.30. The molecule has 43 heavy (non-hydrogen) atoms. The van der Waals surface area contributed by atoms with Crippen LogP contribution in [0.3, 0.4) is 0 Å². The Morgan fingerprint density at radius 3 is 2.42 bits per heavy atom. The zero-order valence-electron chi connectivity index (χ0n) is 25.5. The summed E-state index contributed by atoms with van der Waals surface area (Å²) in [5.41, 5.74) is 7.86. The number of nitrogens with zero attached hydrogens (tertiary/aromatic N) is 5. The van der Waals surface area contributed by atoms with Gasteiger partial charge < -0.3 is 4.74 Å². The highest BCUT2D eigenvalue weighted by Crippen LogP contribution is 2.53. The number of aromatic amines is 1. The molecule has 6 rings (SSSR count). The minimum atomic E-state index is -0.675. The van der Waals surface area contributed by atoms with Gasteiger partial charge in [-0.15, -0.1) is 10.2 Å². The monoisotopic (exact) mass is 580 g/mol. The van der Waals surface area contributed by atoms with Crippen LogP contribution >= 0.6 is 0 Å². The van der Waals surface area contributed by atoms with Crippen LogP contribution < -0.4 is 5.56 Å². The predicted octanol–water partition coefficient (Wildman–Crippen LogP) is 6.05. The Morgan fingerprint density at radius 2 is 1.77 bits per heavy atom. The third-order valence-electron chi connectivity index (χ3n) is 9.38. The molecule has 1 aliphatic carbocycles. The second-order valence-electron chi connectivity index (χ2n) is 12.1. The number of nitrogens with one attached hydrogen (secondary N) is 1. The molecule has 3 heterocycles. The summed E-state index contributed by atoms with van der Waals surface area (Å²) >= 11 is 0. The largest absolute Gasteiger partial charge is 0.465 e. The lowest BCUT2D eigenvalue weighted by atomic mass is 9.74. The fourth-order valence-corrected chi connectivity index (χ4v) is 7.29. The number of benzene rings is 2. The first-order valence-corrected chi connectivity index (χ1v) is 15.5. The summed E-state index contributed by atoms with van der Waals surface area (Å²) < 4.78 is 9.88. The number of aromatic nitrogens is 6. The van der Waals surface area contributed by atoms with Gasteiger partial charge in [0.15, 0.2) is 0 Å². The molecule has 0 fully saturated rings. The van der Waals surface area contributed by atoms with Crippen molar-refractivity contribution >= 4 is 5.97 Å². The number of carbonyl (C=O) groups is 1. The highest BCUT2D eigenvalue weighted by molar-refractivity contribution is 5.80. The van der Waals surface area contributed by atoms with E-state index < -0.39 is 5.41 Å². The summed E-state index contributed by atoms with van der Waals surface area (Å²) in [4.78, 5) is 27.8. The van der Waals surface area contributed by atoms with Gasteiger partial charge in [-0.1, -0.05) is 73.0 Å². The Balaban J connectivity index is 1.37. The van der Waals surface area contributed by atoms with Crippen molar-refractivity contribution in [2.45, 2.75) is 85.2 Å². The quantitative estimate of drug-likeness (QED) is 0.191. The van der Waals surface area contributed by atoms with Crippen molar-refractivity contribution in [2.24, 2.45) is 5.41 Å². The molecule has 2 aromatic heterocycles. The molecule has 224 valence electrons. The van der Waals surface area contributed by atoms with Gasteiger partial charge in [0, 0.05) is 29.8 Å². The van der Waals surface area contributed by atoms with E-state index in [1.165, 1.54) is 11.1 Å². The number of H-pyrrole nitrogens is 1. The molecule has 1 atom stereocenters. The molecule has 0 saturated heterocycles. The molecule has 0 radical (unpaired) electrons. The van der Waals surface area contributed by atoms with E-state index in [4.69, 9.17) is 4.74 Å². The second-order valence-corrected chi connectivity index (χ2v) is 12.1. The molecular formula is C34H40N6O3. The first-order chi connectivity index (χ1) is 20.9. The first-order valence-electron chi connectivity index (χ1n) is 15.5. The number of hydrogen-bond acceptors (Lipinski definition) is 6. The maximum absolute atomic E-state index is 14.1. The number of ether oxygens (including phenoxy) is 1. The van der Waals surface area contributed by atoms with Crippen molar-refractivity contribution in [3.8, 4) is 22.5 Å². The lowest BCUT2D eigenvalue weighted by Crippen LogP contribution is -2.45. The summed E-state index contributed by atoms with van der Waals surface area (Å²) in [5.74, 6) is 0.417. The molecule has 2 aliphatic rings. The van der Waals surface area contributed by atoms with Crippen LogP contribution in [-0.2, 0) is 28.9 Å². The third-order valence-corrected chi connectivity index (χ3v) is 9.38. The number of hydrogen-bond donors (Lipinski definition) is 1. The van der Waals surface area contributed by atoms with E-state index in [9.17, 15) is 9.59 Å². The van der Waals surface area contributed by atoms with Crippen LogP contribution in [0, 0.1) is 5.41 Å². The second kappa shape index (κ2) is 11.8. The Hall–Kier alpha value is -4.27.